The summed E-state index contributed by atoms with van der Waals surface area (Å²) in [6.45, 7) is 19.2. The lowest BCUT2D eigenvalue weighted by atomic mass is 9.73. The average Bonchev–Trinajstić information content (AvgIpc) is 4.07. The van der Waals surface area contributed by atoms with E-state index in [0.29, 0.717) is 44.8 Å². The number of carbonyl (C=O) groups excluding carboxylic acids is 4. The number of amides is 3. The molecule has 5 aromatic rings. The summed E-state index contributed by atoms with van der Waals surface area (Å²) in [6, 6.07) is 12.0. The van der Waals surface area contributed by atoms with Crippen molar-refractivity contribution in [1.29, 1.82) is 0 Å². The highest BCUT2D eigenvalue weighted by Gasteiger charge is 2.62. The van der Waals surface area contributed by atoms with Crippen LogP contribution in [0.4, 0.5) is 18.4 Å². The number of nitrogens with one attached hydrogen (secondary N) is 3. The van der Waals surface area contributed by atoms with Gasteiger partial charge in [0.1, 0.15) is 23.3 Å². The zero-order valence-corrected chi connectivity index (χ0v) is 40.8. The second kappa shape index (κ2) is 16.5. The number of aromatic amines is 2. The third-order valence-electron chi connectivity index (χ3n) is 14.4. The molecule has 3 N–H and O–H groups in total. The van der Waals surface area contributed by atoms with E-state index in [9.17, 15) is 19.2 Å². The van der Waals surface area contributed by atoms with Crippen molar-refractivity contribution >= 4 is 45.9 Å². The zero-order chi connectivity index (χ0) is 48.7. The van der Waals surface area contributed by atoms with Crippen LogP contribution in [-0.4, -0.2) is 93.0 Å². The van der Waals surface area contributed by atoms with Gasteiger partial charge >= 0.3 is 12.2 Å². The van der Waals surface area contributed by atoms with Crippen LogP contribution in [0, 0.1) is 33.3 Å². The lowest BCUT2D eigenvalue weighted by molar-refractivity contribution is -0.148. The van der Waals surface area contributed by atoms with E-state index in [0.717, 1.165) is 25.7 Å². The molecule has 7 rings (SSSR count). The Bertz CT molecular complexity index is 2550. The number of fused-ring (bicyclic) bond motifs is 2. The number of ether oxygens (including phenoxy) is 2. The Morgan fingerprint density at radius 3 is 1.52 bits per heavy atom. The van der Waals surface area contributed by atoms with Crippen LogP contribution in [0.2, 0.25) is 0 Å². The van der Waals surface area contributed by atoms with Crippen LogP contribution >= 0.6 is 0 Å². The van der Waals surface area contributed by atoms with Gasteiger partial charge in [-0.25, -0.2) is 28.3 Å². The largest absolute Gasteiger partial charge is 0.434 e. The third-order valence-corrected chi connectivity index (χ3v) is 14.4. The minimum atomic E-state index is -1.43. The Balaban J connectivity index is 1.14. The molecule has 13 nitrogen and oxygen atoms in total. The molecule has 3 aromatic carbocycles. The molecule has 66 heavy (non-hydrogen) atoms. The van der Waals surface area contributed by atoms with Gasteiger partial charge in [0.2, 0.25) is 0 Å². The van der Waals surface area contributed by atoms with E-state index >= 15 is 8.78 Å². The fraction of sp³-hybridized carbons (Fsp3) is 0.529. The van der Waals surface area contributed by atoms with Gasteiger partial charge in [0, 0.05) is 62.5 Å². The zero-order valence-electron chi connectivity index (χ0n) is 40.8. The molecule has 0 bridgehead atoms. The van der Waals surface area contributed by atoms with Gasteiger partial charge in [-0.2, -0.15) is 0 Å². The van der Waals surface area contributed by atoms with E-state index in [1.54, 1.807) is 78.4 Å². The number of ketones is 1. The number of hydrogen-bond donors (Lipinski definition) is 3. The molecule has 2 aliphatic rings. The monoisotopic (exact) mass is 909 g/mol. The van der Waals surface area contributed by atoms with Crippen molar-refractivity contribution in [3.05, 3.63) is 71.8 Å². The number of halogens is 2. The predicted molar refractivity (Wildman–Crippen MR) is 251 cm³/mol. The number of rotatable bonds is 13. The van der Waals surface area contributed by atoms with Crippen LogP contribution in [0.15, 0.2) is 48.5 Å². The molecule has 15 heteroatoms. The molecular weight excluding hydrogens is 845 g/mol. The van der Waals surface area contributed by atoms with Gasteiger partial charge in [0.15, 0.2) is 17.0 Å². The lowest BCUT2D eigenvalue weighted by Gasteiger charge is -2.38. The molecule has 354 valence electrons. The highest BCUT2D eigenvalue weighted by atomic mass is 19.1. The summed E-state index contributed by atoms with van der Waals surface area (Å²) in [5, 5.41) is 3.13. The molecule has 2 heterocycles. The third kappa shape index (κ3) is 8.89. The first-order chi connectivity index (χ1) is 30.5. The minimum Gasteiger partial charge on any atom is -0.434 e. The van der Waals surface area contributed by atoms with Crippen molar-refractivity contribution in [3.8, 4) is 22.3 Å². The molecule has 2 aromatic heterocycles. The summed E-state index contributed by atoms with van der Waals surface area (Å²) in [7, 11) is 6.31. The van der Waals surface area contributed by atoms with Gasteiger partial charge in [-0.05, 0) is 97.9 Å². The summed E-state index contributed by atoms with van der Waals surface area (Å²) >= 11 is 0. The summed E-state index contributed by atoms with van der Waals surface area (Å²) in [5.74, 6) is -1.25. The molecule has 0 spiro atoms. The number of benzene rings is 3. The lowest BCUT2D eigenvalue weighted by Crippen LogP contribution is -2.56. The van der Waals surface area contributed by atoms with Gasteiger partial charge < -0.3 is 34.6 Å². The number of hydrogen-bond acceptors (Lipinski definition) is 8. The van der Waals surface area contributed by atoms with Gasteiger partial charge in [-0.3, -0.25) is 9.59 Å². The van der Waals surface area contributed by atoms with E-state index in [2.05, 4.69) is 15.3 Å². The summed E-state index contributed by atoms with van der Waals surface area (Å²) in [4.78, 5) is 72.8. The molecular formula is C51H65F2N7O6. The van der Waals surface area contributed by atoms with Gasteiger partial charge in [-0.1, -0.05) is 67.5 Å². The minimum absolute atomic E-state index is 0.0528. The number of carbonyl (C=O) groups is 4. The first kappa shape index (κ1) is 48.1. The fourth-order valence-corrected chi connectivity index (χ4v) is 8.66. The van der Waals surface area contributed by atoms with Crippen molar-refractivity contribution in [2.45, 2.75) is 125 Å². The van der Waals surface area contributed by atoms with Crippen molar-refractivity contribution in [2.75, 3.05) is 28.2 Å². The first-order valence-electron chi connectivity index (χ1n) is 22.6. The van der Waals surface area contributed by atoms with Crippen LogP contribution in [0.25, 0.3) is 44.3 Å². The summed E-state index contributed by atoms with van der Waals surface area (Å²) < 4.78 is 44.2. The van der Waals surface area contributed by atoms with Gasteiger partial charge in [0.25, 0.3) is 5.91 Å². The standard InChI is InChI=1S/C51H65F2N7O6/c1-46(2,3)32(27-39(61)50(9,48(7)19-20-48)65-44(63)59(11)12)41-54-35-17-15-28(23-37(35)56-41)30-25-34(53)31(26-33(30)52)29-16-18-36-38(24-29)57-42(55-36)40(47(4,5)6)58-43(62)51(10,49(8)21-22-49)66-45(64)60(13)14/h15-18,23-26,32,40H,19-22,27H2,1-14H3,(H,54,56)(H,55,57)(H,58,62)/t32-,40-,50?,51?/m1/s1. The Kier molecular flexibility index (Phi) is 12.0. The quantitative estimate of drug-likeness (QED) is 0.105. The molecule has 2 unspecified atom stereocenters. The van der Waals surface area contributed by atoms with Crippen LogP contribution in [0.5, 0.6) is 0 Å². The molecule has 0 aliphatic heterocycles. The Hall–Kier alpha value is -5.86. The normalized spacial score (nSPS) is 18.1. The number of nitrogens with zero attached hydrogens (tertiary/aromatic N) is 4. The molecule has 2 fully saturated rings. The molecule has 0 saturated heterocycles. The number of aromatic nitrogens is 4. The summed E-state index contributed by atoms with van der Waals surface area (Å²) in [6.07, 6.45) is 1.87. The van der Waals surface area contributed by atoms with Crippen LogP contribution < -0.4 is 5.32 Å². The van der Waals surface area contributed by atoms with E-state index in [1.807, 2.05) is 55.4 Å². The number of Topliss-reactive ketones (excluding diaryl/α,β-unsaturated/α-hetero) is 1. The first-order valence-corrected chi connectivity index (χ1v) is 22.6. The molecule has 3 amide bonds. The maximum Gasteiger partial charge on any atom is 0.410 e. The topological polar surface area (TPSA) is 163 Å². The van der Waals surface area contributed by atoms with E-state index in [1.165, 1.54) is 21.9 Å². The molecule has 2 saturated carbocycles. The maximum absolute atomic E-state index is 16.2. The molecule has 4 atom stereocenters. The van der Waals surface area contributed by atoms with E-state index in [-0.39, 0.29) is 29.2 Å². The predicted octanol–water partition coefficient (Wildman–Crippen LogP) is 10.9. The average molecular weight is 910 g/mol. The van der Waals surface area contributed by atoms with Crippen molar-refractivity contribution < 1.29 is 37.4 Å². The Labute approximate surface area is 385 Å². The second-order valence-electron chi connectivity index (χ2n) is 22.1. The van der Waals surface area contributed by atoms with Crippen LogP contribution in [0.3, 0.4) is 0 Å². The summed E-state index contributed by atoms with van der Waals surface area (Å²) in [5.41, 5.74) is -1.44. The van der Waals surface area contributed by atoms with Crippen molar-refractivity contribution in [2.24, 2.45) is 21.7 Å². The van der Waals surface area contributed by atoms with E-state index in [4.69, 9.17) is 19.4 Å². The van der Waals surface area contributed by atoms with Crippen LogP contribution in [0.1, 0.15) is 125 Å². The van der Waals surface area contributed by atoms with E-state index < -0.39 is 68.6 Å². The number of imidazole rings is 2. The molecule has 0 radical (unpaired) electrons. The highest BCUT2D eigenvalue weighted by molar-refractivity contribution is 5.92. The van der Waals surface area contributed by atoms with Gasteiger partial charge in [0.05, 0.1) is 28.1 Å². The Morgan fingerprint density at radius 2 is 1.09 bits per heavy atom. The molecule has 2 aliphatic carbocycles. The van der Waals surface area contributed by atoms with Crippen molar-refractivity contribution in [1.82, 2.24) is 35.1 Å². The Morgan fingerprint density at radius 1 is 0.667 bits per heavy atom. The highest BCUT2D eigenvalue weighted by Crippen LogP contribution is 2.57. The SMILES string of the molecule is CN(C)C(=O)OC(C)(C(=O)C[C@H](c1nc2ccc(-c3cc(F)c(-c4ccc5nc([C@@H](NC(=O)C(C)(OC(=O)N(C)C)C6(C)CC6)C(C)(C)C)[nH]c5c4)cc3F)cc2[nH]1)C(C)(C)C)C1(C)CC1. The smallest absolute Gasteiger partial charge is 0.410 e. The van der Waals surface area contributed by atoms with Crippen molar-refractivity contribution in [3.63, 3.8) is 0 Å². The van der Waals surface area contributed by atoms with Crippen LogP contribution in [-0.2, 0) is 19.1 Å². The number of H-pyrrole nitrogens is 2. The fourth-order valence-electron chi connectivity index (χ4n) is 8.66. The maximum atomic E-state index is 16.2. The van der Waals surface area contributed by atoms with Gasteiger partial charge in [-0.15, -0.1) is 0 Å². The second-order valence-corrected chi connectivity index (χ2v) is 22.1.